The SMILES string of the molecule is CCOC(=O)/C(C=Nc1ccc(F)cc1)=C(/O)c1cc([N+](=O)[O-])c(OC)nc1OC. The average molecular weight is 419 g/mol. The number of nitro groups is 1. The van der Waals surface area contributed by atoms with Gasteiger partial charge in [0.05, 0.1) is 37.0 Å². The van der Waals surface area contributed by atoms with E-state index in [2.05, 4.69) is 9.98 Å². The second-order valence-electron chi connectivity index (χ2n) is 5.55. The highest BCUT2D eigenvalue weighted by Gasteiger charge is 2.26. The summed E-state index contributed by atoms with van der Waals surface area (Å²) in [5.74, 6) is -2.70. The predicted molar refractivity (Wildman–Crippen MR) is 105 cm³/mol. The molecule has 1 aromatic heterocycles. The number of pyridine rings is 1. The number of hydrogen-bond donors (Lipinski definition) is 1. The van der Waals surface area contributed by atoms with E-state index in [-0.39, 0.29) is 29.6 Å². The Balaban J connectivity index is 2.66. The first-order valence-corrected chi connectivity index (χ1v) is 8.50. The van der Waals surface area contributed by atoms with Crippen molar-refractivity contribution in [2.24, 2.45) is 4.99 Å². The molecule has 158 valence electrons. The predicted octanol–water partition coefficient (Wildman–Crippen LogP) is 3.38. The van der Waals surface area contributed by atoms with E-state index in [1.54, 1.807) is 6.92 Å². The molecule has 11 heteroatoms. The summed E-state index contributed by atoms with van der Waals surface area (Å²) >= 11 is 0. The largest absolute Gasteiger partial charge is 0.506 e. The number of carbonyl (C=O) groups excluding carboxylic acids is 1. The Kier molecular flexibility index (Phi) is 7.39. The number of rotatable bonds is 8. The summed E-state index contributed by atoms with van der Waals surface area (Å²) in [6, 6.07) is 5.99. The van der Waals surface area contributed by atoms with Gasteiger partial charge >= 0.3 is 11.7 Å². The second kappa shape index (κ2) is 9.96. The first kappa shape index (κ1) is 22.3. The van der Waals surface area contributed by atoms with Gasteiger partial charge in [-0.1, -0.05) is 0 Å². The highest BCUT2D eigenvalue weighted by atomic mass is 19.1. The number of hydrogen-bond acceptors (Lipinski definition) is 9. The molecule has 10 nitrogen and oxygen atoms in total. The summed E-state index contributed by atoms with van der Waals surface area (Å²) < 4.78 is 27.9. The van der Waals surface area contributed by atoms with E-state index in [9.17, 15) is 24.4 Å². The third-order valence-electron chi connectivity index (χ3n) is 3.69. The zero-order valence-corrected chi connectivity index (χ0v) is 16.3. The van der Waals surface area contributed by atoms with Gasteiger partial charge < -0.3 is 19.3 Å². The number of aromatic nitrogens is 1. The first-order valence-electron chi connectivity index (χ1n) is 8.50. The number of esters is 1. The van der Waals surface area contributed by atoms with Crippen molar-refractivity contribution in [3.8, 4) is 11.8 Å². The van der Waals surface area contributed by atoms with Crippen LogP contribution >= 0.6 is 0 Å². The third kappa shape index (κ3) is 5.07. The van der Waals surface area contributed by atoms with Gasteiger partial charge in [-0.25, -0.2) is 9.18 Å². The fourth-order valence-electron chi connectivity index (χ4n) is 2.31. The number of aliphatic hydroxyl groups is 1. The van der Waals surface area contributed by atoms with Crippen molar-refractivity contribution in [3.63, 3.8) is 0 Å². The number of halogens is 1. The van der Waals surface area contributed by atoms with E-state index >= 15 is 0 Å². The lowest BCUT2D eigenvalue weighted by atomic mass is 10.1. The molecule has 0 radical (unpaired) electrons. The van der Waals surface area contributed by atoms with Crippen molar-refractivity contribution in [3.05, 3.63) is 57.4 Å². The fourth-order valence-corrected chi connectivity index (χ4v) is 2.31. The minimum Gasteiger partial charge on any atom is -0.506 e. The fraction of sp³-hybridized carbons (Fsp3) is 0.211. The molecule has 0 atom stereocenters. The van der Waals surface area contributed by atoms with E-state index in [1.165, 1.54) is 38.5 Å². The van der Waals surface area contributed by atoms with Crippen molar-refractivity contribution >= 4 is 29.3 Å². The summed E-state index contributed by atoms with van der Waals surface area (Å²) in [7, 11) is 2.41. The van der Waals surface area contributed by atoms with E-state index in [1.807, 2.05) is 0 Å². The van der Waals surface area contributed by atoms with Gasteiger partial charge in [-0.05, 0) is 31.2 Å². The lowest BCUT2D eigenvalue weighted by molar-refractivity contribution is -0.386. The van der Waals surface area contributed by atoms with Crippen LogP contribution in [0.15, 0.2) is 40.9 Å². The molecule has 0 fully saturated rings. The number of carbonyl (C=O) groups is 1. The average Bonchev–Trinajstić information content (AvgIpc) is 2.74. The first-order chi connectivity index (χ1) is 14.3. The van der Waals surface area contributed by atoms with Crippen LogP contribution in [0, 0.1) is 15.9 Å². The summed E-state index contributed by atoms with van der Waals surface area (Å²) in [5.41, 5.74) is -0.935. The Morgan fingerprint density at radius 3 is 2.43 bits per heavy atom. The molecule has 0 spiro atoms. The molecule has 30 heavy (non-hydrogen) atoms. The maximum absolute atomic E-state index is 13.1. The Labute approximate surface area is 170 Å². The molecule has 0 saturated carbocycles. The van der Waals surface area contributed by atoms with Crippen molar-refractivity contribution in [2.45, 2.75) is 6.92 Å². The van der Waals surface area contributed by atoms with Crippen molar-refractivity contribution < 1.29 is 33.4 Å². The molecule has 0 bridgehead atoms. The van der Waals surface area contributed by atoms with Gasteiger partial charge in [0, 0.05) is 12.3 Å². The molecule has 1 N–H and O–H groups in total. The van der Waals surface area contributed by atoms with E-state index < -0.39 is 33.7 Å². The van der Waals surface area contributed by atoms with E-state index in [0.29, 0.717) is 0 Å². The van der Waals surface area contributed by atoms with Crippen LogP contribution in [0.3, 0.4) is 0 Å². The number of methoxy groups -OCH3 is 2. The van der Waals surface area contributed by atoms with Crippen LogP contribution in [0.5, 0.6) is 11.8 Å². The molecule has 0 unspecified atom stereocenters. The molecule has 0 saturated heterocycles. The summed E-state index contributed by atoms with van der Waals surface area (Å²) in [4.78, 5) is 30.8. The van der Waals surface area contributed by atoms with Crippen LogP contribution in [0.1, 0.15) is 12.5 Å². The second-order valence-corrected chi connectivity index (χ2v) is 5.55. The van der Waals surface area contributed by atoms with E-state index in [4.69, 9.17) is 14.2 Å². The molecule has 1 heterocycles. The standard InChI is InChI=1S/C19H18FN3O7/c1-4-30-19(25)14(10-21-12-7-5-11(20)6-8-12)16(24)13-9-15(23(26)27)18(29-3)22-17(13)28-2/h5-10,24H,4H2,1-3H3/b16-14+,21-10?. The zero-order valence-electron chi connectivity index (χ0n) is 16.3. The smallest absolute Gasteiger partial charge is 0.343 e. The van der Waals surface area contributed by atoms with Crippen molar-refractivity contribution in [1.82, 2.24) is 4.98 Å². The molecule has 0 aliphatic heterocycles. The lowest BCUT2D eigenvalue weighted by Gasteiger charge is -2.11. The third-order valence-corrected chi connectivity index (χ3v) is 3.69. The molecule has 1 aromatic carbocycles. The van der Waals surface area contributed by atoms with Crippen LogP contribution in [0.25, 0.3) is 5.76 Å². The van der Waals surface area contributed by atoms with Gasteiger partial charge in [-0.15, -0.1) is 0 Å². The summed E-state index contributed by atoms with van der Waals surface area (Å²) in [6.07, 6.45) is 0.996. The minimum atomic E-state index is -0.943. The van der Waals surface area contributed by atoms with Gasteiger partial charge in [-0.3, -0.25) is 15.1 Å². The molecule has 0 aliphatic carbocycles. The van der Waals surface area contributed by atoms with Crippen molar-refractivity contribution in [1.29, 1.82) is 0 Å². The maximum atomic E-state index is 13.1. The Morgan fingerprint density at radius 2 is 1.90 bits per heavy atom. The molecule has 0 aliphatic rings. The molecule has 2 rings (SSSR count). The maximum Gasteiger partial charge on any atom is 0.343 e. The number of nitrogens with zero attached hydrogens (tertiary/aromatic N) is 3. The number of aliphatic imine (C=N–C) groups is 1. The highest BCUT2D eigenvalue weighted by Crippen LogP contribution is 2.34. The number of benzene rings is 1. The number of ether oxygens (including phenoxy) is 3. The Hall–Kier alpha value is -4.02. The van der Waals surface area contributed by atoms with E-state index in [0.717, 1.165) is 12.3 Å². The van der Waals surface area contributed by atoms with Gasteiger partial charge in [0.2, 0.25) is 5.88 Å². The van der Waals surface area contributed by atoms with Gasteiger partial charge in [0.25, 0.3) is 5.88 Å². The van der Waals surface area contributed by atoms with Crippen LogP contribution in [-0.4, -0.2) is 48.0 Å². The van der Waals surface area contributed by atoms with Crippen LogP contribution in [-0.2, 0) is 9.53 Å². The number of aliphatic hydroxyl groups excluding tert-OH is 1. The molecular formula is C19H18FN3O7. The van der Waals surface area contributed by atoms with Gasteiger partial charge in [0.15, 0.2) is 0 Å². The zero-order chi connectivity index (χ0) is 22.3. The Bertz CT molecular complexity index is 1000. The topological polar surface area (TPSA) is 133 Å². The summed E-state index contributed by atoms with van der Waals surface area (Å²) in [5, 5.41) is 22.0. The summed E-state index contributed by atoms with van der Waals surface area (Å²) in [6.45, 7) is 1.56. The lowest BCUT2D eigenvalue weighted by Crippen LogP contribution is -2.12. The van der Waals surface area contributed by atoms with Crippen molar-refractivity contribution in [2.75, 3.05) is 20.8 Å². The van der Waals surface area contributed by atoms with Crippen LogP contribution < -0.4 is 9.47 Å². The van der Waals surface area contributed by atoms with Crippen LogP contribution in [0.2, 0.25) is 0 Å². The molecule has 2 aromatic rings. The molecular weight excluding hydrogens is 401 g/mol. The van der Waals surface area contributed by atoms with Gasteiger partial charge in [-0.2, -0.15) is 4.98 Å². The van der Waals surface area contributed by atoms with Crippen LogP contribution in [0.4, 0.5) is 15.8 Å². The minimum absolute atomic E-state index is 0.00184. The highest BCUT2D eigenvalue weighted by molar-refractivity contribution is 6.15. The normalized spacial score (nSPS) is 11.7. The Morgan fingerprint density at radius 1 is 1.27 bits per heavy atom. The monoisotopic (exact) mass is 419 g/mol. The quantitative estimate of drug-likeness (QED) is 0.172. The van der Waals surface area contributed by atoms with Gasteiger partial charge in [0.1, 0.15) is 17.1 Å². The molecule has 0 amide bonds.